The Morgan fingerprint density at radius 2 is 2.06 bits per heavy atom. The number of aryl methyl sites for hydroxylation is 1. The number of benzene rings is 1. The molecule has 0 saturated heterocycles. The lowest BCUT2D eigenvalue weighted by Crippen LogP contribution is -2.07. The average molecular weight is 247 g/mol. The first-order valence-electron chi connectivity index (χ1n) is 5.71. The van der Waals surface area contributed by atoms with Crippen molar-refractivity contribution in [2.24, 2.45) is 12.8 Å². The minimum absolute atomic E-state index is 0.141. The highest BCUT2D eigenvalue weighted by Crippen LogP contribution is 2.26. The highest BCUT2D eigenvalue weighted by Gasteiger charge is 2.05. The van der Waals surface area contributed by atoms with Crippen LogP contribution in [0.2, 0.25) is 0 Å². The fraction of sp³-hybridized carbons (Fsp3) is 0.308. The number of hydrogen-bond acceptors (Lipinski definition) is 3. The first kappa shape index (κ1) is 12.2. The molecule has 90 valence electrons. The molecule has 4 heteroatoms. The minimum atomic E-state index is 0.141. The summed E-state index contributed by atoms with van der Waals surface area (Å²) >= 11 is 1.66. The summed E-state index contributed by atoms with van der Waals surface area (Å²) in [6, 6.07) is 8.54. The maximum absolute atomic E-state index is 5.98. The van der Waals surface area contributed by atoms with Gasteiger partial charge in [-0.1, -0.05) is 30.8 Å². The van der Waals surface area contributed by atoms with Crippen LogP contribution in [0.25, 0.3) is 0 Å². The normalized spacial score (nSPS) is 12.6. The average Bonchev–Trinajstić information content (AvgIpc) is 2.75. The van der Waals surface area contributed by atoms with Crippen molar-refractivity contribution in [1.82, 2.24) is 9.55 Å². The van der Waals surface area contributed by atoms with Crippen molar-refractivity contribution in [3.8, 4) is 0 Å². The van der Waals surface area contributed by atoms with Gasteiger partial charge in [-0.3, -0.25) is 0 Å². The van der Waals surface area contributed by atoms with Gasteiger partial charge in [0.15, 0.2) is 5.16 Å². The van der Waals surface area contributed by atoms with Crippen molar-refractivity contribution in [2.75, 3.05) is 0 Å². The third-order valence-corrected chi connectivity index (χ3v) is 3.82. The van der Waals surface area contributed by atoms with E-state index < -0.39 is 0 Å². The van der Waals surface area contributed by atoms with Gasteiger partial charge in [-0.25, -0.2) is 4.98 Å². The van der Waals surface area contributed by atoms with Gasteiger partial charge in [0, 0.05) is 30.4 Å². The second-order valence-corrected chi connectivity index (χ2v) is 5.05. The zero-order chi connectivity index (χ0) is 12.3. The van der Waals surface area contributed by atoms with E-state index in [4.69, 9.17) is 5.73 Å². The van der Waals surface area contributed by atoms with E-state index in [1.807, 2.05) is 24.0 Å². The van der Waals surface area contributed by atoms with Crippen LogP contribution < -0.4 is 5.73 Å². The molecule has 0 radical (unpaired) electrons. The van der Waals surface area contributed by atoms with E-state index in [0.29, 0.717) is 0 Å². The molecule has 2 aromatic rings. The number of aromatic nitrogens is 2. The van der Waals surface area contributed by atoms with Crippen molar-refractivity contribution in [3.05, 3.63) is 42.2 Å². The Morgan fingerprint density at radius 1 is 1.35 bits per heavy atom. The molecular formula is C13H17N3S. The van der Waals surface area contributed by atoms with Gasteiger partial charge in [-0.2, -0.15) is 0 Å². The lowest BCUT2D eigenvalue weighted by molar-refractivity contribution is 0.698. The summed E-state index contributed by atoms with van der Waals surface area (Å²) in [5.74, 6) is 0. The predicted molar refractivity (Wildman–Crippen MR) is 71.0 cm³/mol. The zero-order valence-electron chi connectivity index (χ0n) is 10.1. The number of rotatable bonds is 4. The molecule has 0 aliphatic carbocycles. The van der Waals surface area contributed by atoms with Gasteiger partial charge >= 0.3 is 0 Å². The van der Waals surface area contributed by atoms with Crippen molar-refractivity contribution in [3.63, 3.8) is 0 Å². The lowest BCUT2D eigenvalue weighted by atomic mass is 10.1. The Balaban J connectivity index is 2.11. The van der Waals surface area contributed by atoms with Crippen LogP contribution in [0.15, 0.2) is 46.7 Å². The van der Waals surface area contributed by atoms with Crippen LogP contribution >= 0.6 is 11.8 Å². The van der Waals surface area contributed by atoms with E-state index in [1.54, 1.807) is 11.8 Å². The monoisotopic (exact) mass is 247 g/mol. The SMILES string of the molecule is CCC(N)c1ccc(Sc2nccn2C)cc1. The minimum Gasteiger partial charge on any atom is -0.329 e. The lowest BCUT2D eigenvalue weighted by Gasteiger charge is -2.09. The summed E-state index contributed by atoms with van der Waals surface area (Å²) in [5.41, 5.74) is 7.17. The Labute approximate surface area is 106 Å². The van der Waals surface area contributed by atoms with Crippen molar-refractivity contribution < 1.29 is 0 Å². The molecule has 0 bridgehead atoms. The summed E-state index contributed by atoms with van der Waals surface area (Å²) in [7, 11) is 2.00. The van der Waals surface area contributed by atoms with Crippen molar-refractivity contribution >= 4 is 11.8 Å². The molecule has 0 saturated carbocycles. The zero-order valence-corrected chi connectivity index (χ0v) is 10.9. The van der Waals surface area contributed by atoms with E-state index in [9.17, 15) is 0 Å². The smallest absolute Gasteiger partial charge is 0.172 e. The van der Waals surface area contributed by atoms with Crippen LogP contribution in [0.3, 0.4) is 0 Å². The van der Waals surface area contributed by atoms with E-state index in [2.05, 4.69) is 36.2 Å². The molecule has 0 spiro atoms. The Kier molecular flexibility index (Phi) is 3.86. The van der Waals surface area contributed by atoms with E-state index in [0.717, 1.165) is 11.6 Å². The molecule has 1 atom stereocenters. The molecule has 0 amide bonds. The third-order valence-electron chi connectivity index (χ3n) is 2.73. The highest BCUT2D eigenvalue weighted by molar-refractivity contribution is 7.99. The molecule has 2 N–H and O–H groups in total. The maximum atomic E-state index is 5.98. The Hall–Kier alpha value is -1.26. The molecule has 1 aromatic heterocycles. The Morgan fingerprint density at radius 3 is 2.59 bits per heavy atom. The number of imidazole rings is 1. The third kappa shape index (κ3) is 2.90. The van der Waals surface area contributed by atoms with Gasteiger partial charge in [0.05, 0.1) is 0 Å². The summed E-state index contributed by atoms with van der Waals surface area (Å²) in [6.45, 7) is 2.10. The van der Waals surface area contributed by atoms with Crippen LogP contribution in [0, 0.1) is 0 Å². The number of hydrogen-bond donors (Lipinski definition) is 1. The topological polar surface area (TPSA) is 43.8 Å². The molecule has 0 fully saturated rings. The summed E-state index contributed by atoms with van der Waals surface area (Å²) in [4.78, 5) is 5.47. The molecule has 3 nitrogen and oxygen atoms in total. The van der Waals surface area contributed by atoms with Gasteiger partial charge in [0.2, 0.25) is 0 Å². The van der Waals surface area contributed by atoms with E-state index in [-0.39, 0.29) is 6.04 Å². The van der Waals surface area contributed by atoms with Gasteiger partial charge < -0.3 is 10.3 Å². The second-order valence-electron chi connectivity index (χ2n) is 4.01. The van der Waals surface area contributed by atoms with Crippen LogP contribution in [0.5, 0.6) is 0 Å². The van der Waals surface area contributed by atoms with Gasteiger partial charge in [-0.15, -0.1) is 0 Å². The largest absolute Gasteiger partial charge is 0.329 e. The van der Waals surface area contributed by atoms with Gasteiger partial charge in [0.1, 0.15) is 0 Å². The van der Waals surface area contributed by atoms with Gasteiger partial charge in [0.25, 0.3) is 0 Å². The summed E-state index contributed by atoms with van der Waals surface area (Å²) < 4.78 is 2.01. The highest BCUT2D eigenvalue weighted by atomic mass is 32.2. The first-order chi connectivity index (χ1) is 8.20. The molecule has 1 unspecified atom stereocenters. The maximum Gasteiger partial charge on any atom is 0.172 e. The van der Waals surface area contributed by atoms with Crippen LogP contribution in [0.1, 0.15) is 24.9 Å². The molecule has 0 aliphatic rings. The van der Waals surface area contributed by atoms with Crippen LogP contribution in [0.4, 0.5) is 0 Å². The first-order valence-corrected chi connectivity index (χ1v) is 6.53. The van der Waals surface area contributed by atoms with Crippen LogP contribution in [-0.2, 0) is 7.05 Å². The summed E-state index contributed by atoms with van der Waals surface area (Å²) in [5, 5.41) is 0.998. The molecule has 17 heavy (non-hydrogen) atoms. The van der Waals surface area contributed by atoms with Crippen molar-refractivity contribution in [2.45, 2.75) is 29.4 Å². The fourth-order valence-electron chi connectivity index (χ4n) is 1.57. The molecule has 1 heterocycles. The van der Waals surface area contributed by atoms with Crippen LogP contribution in [-0.4, -0.2) is 9.55 Å². The van der Waals surface area contributed by atoms with Crippen molar-refractivity contribution in [1.29, 1.82) is 0 Å². The van der Waals surface area contributed by atoms with E-state index in [1.165, 1.54) is 10.5 Å². The fourth-order valence-corrected chi connectivity index (χ4v) is 2.38. The predicted octanol–water partition coefficient (Wildman–Crippen LogP) is 2.98. The molecule has 0 aliphatic heterocycles. The molecule has 1 aromatic carbocycles. The van der Waals surface area contributed by atoms with Gasteiger partial charge in [-0.05, 0) is 24.1 Å². The molecular weight excluding hydrogens is 230 g/mol. The quantitative estimate of drug-likeness (QED) is 0.903. The second kappa shape index (κ2) is 5.38. The van der Waals surface area contributed by atoms with E-state index >= 15 is 0 Å². The summed E-state index contributed by atoms with van der Waals surface area (Å²) in [6.07, 6.45) is 4.72. The molecule has 2 rings (SSSR count). The standard InChI is InChI=1S/C13H17N3S/c1-3-12(14)10-4-6-11(7-5-10)17-13-15-8-9-16(13)2/h4-9,12H,3,14H2,1-2H3. The number of nitrogens with zero attached hydrogens (tertiary/aromatic N) is 2. The Bertz CT molecular complexity index is 476. The number of nitrogens with two attached hydrogens (primary N) is 1.